The third-order valence-corrected chi connectivity index (χ3v) is 6.50. The number of nitrogens with zero attached hydrogens (tertiary/aromatic N) is 3. The molecule has 1 aliphatic carbocycles. The van der Waals surface area contributed by atoms with Gasteiger partial charge in [0.2, 0.25) is 0 Å². The second-order valence-corrected chi connectivity index (χ2v) is 9.39. The zero-order valence-corrected chi connectivity index (χ0v) is 21.5. The minimum atomic E-state index is -0.167. The van der Waals surface area contributed by atoms with Gasteiger partial charge < -0.3 is 20.7 Å². The second-order valence-electron chi connectivity index (χ2n) is 8.98. The van der Waals surface area contributed by atoms with Gasteiger partial charge in [0.1, 0.15) is 23.6 Å². The van der Waals surface area contributed by atoms with Gasteiger partial charge in [-0.2, -0.15) is 0 Å². The fraction of sp³-hybridized carbons (Fsp3) is 0.241. The van der Waals surface area contributed by atoms with E-state index < -0.39 is 0 Å². The minimum absolute atomic E-state index is 0.167. The van der Waals surface area contributed by atoms with Crippen LogP contribution in [0.15, 0.2) is 67.3 Å². The molecule has 1 aliphatic rings. The summed E-state index contributed by atoms with van der Waals surface area (Å²) in [5, 5.41) is 10.4. The Labute approximate surface area is 226 Å². The maximum Gasteiger partial charge on any atom is 0.315 e. The van der Waals surface area contributed by atoms with Crippen LogP contribution >= 0.6 is 11.6 Å². The summed E-state index contributed by atoms with van der Waals surface area (Å²) in [6, 6.07) is 14.8. The molecule has 0 radical (unpaired) electrons. The van der Waals surface area contributed by atoms with Crippen molar-refractivity contribution < 1.29 is 9.53 Å². The van der Waals surface area contributed by atoms with Crippen molar-refractivity contribution in [2.75, 3.05) is 11.9 Å². The van der Waals surface area contributed by atoms with Crippen LogP contribution in [0.2, 0.25) is 5.02 Å². The van der Waals surface area contributed by atoms with Gasteiger partial charge in [0, 0.05) is 28.9 Å². The number of carbonyl (C=O) groups excluding carboxylic acids is 1. The van der Waals surface area contributed by atoms with Gasteiger partial charge in [0.15, 0.2) is 0 Å². The number of fused-ring (bicyclic) bond motifs is 1. The molecule has 0 spiro atoms. The molecule has 192 valence electrons. The van der Waals surface area contributed by atoms with Crippen LogP contribution in [0.1, 0.15) is 37.7 Å². The maximum absolute atomic E-state index is 12.1. The number of carbonyl (C=O) groups is 1. The number of benzene rings is 2. The molecule has 4 aromatic rings. The number of aromatic nitrogens is 3. The van der Waals surface area contributed by atoms with Gasteiger partial charge in [-0.15, -0.1) is 0 Å². The number of hydrogen-bond donors (Lipinski definition) is 3. The molecule has 1 saturated carbocycles. The molecule has 2 amide bonds. The molecule has 5 rings (SSSR count). The second kappa shape index (κ2) is 12.3. The van der Waals surface area contributed by atoms with E-state index in [1.807, 2.05) is 30.3 Å². The summed E-state index contributed by atoms with van der Waals surface area (Å²) in [5.41, 5.74) is 2.32. The Balaban J connectivity index is 1.24. The Morgan fingerprint density at radius 2 is 1.97 bits per heavy atom. The Morgan fingerprint density at radius 1 is 1.08 bits per heavy atom. The predicted octanol–water partition coefficient (Wildman–Crippen LogP) is 6.20. The lowest BCUT2D eigenvalue weighted by Gasteiger charge is -2.22. The van der Waals surface area contributed by atoms with Crippen molar-refractivity contribution in [1.82, 2.24) is 25.6 Å². The van der Waals surface area contributed by atoms with Gasteiger partial charge in [-0.3, -0.25) is 4.98 Å². The third kappa shape index (κ3) is 6.69. The number of pyridine rings is 1. The molecule has 8 nitrogen and oxygen atoms in total. The largest absolute Gasteiger partial charge is 0.454 e. The quantitative estimate of drug-likeness (QED) is 0.259. The van der Waals surface area contributed by atoms with Crippen molar-refractivity contribution in [2.45, 2.75) is 38.1 Å². The van der Waals surface area contributed by atoms with E-state index in [1.165, 1.54) is 25.6 Å². The third-order valence-electron chi connectivity index (χ3n) is 6.20. The summed E-state index contributed by atoms with van der Waals surface area (Å²) in [6.07, 6.45) is 10.5. The molecule has 0 unspecified atom stereocenters. The van der Waals surface area contributed by atoms with Crippen LogP contribution in [0.25, 0.3) is 10.9 Å². The van der Waals surface area contributed by atoms with Crippen molar-refractivity contribution >= 4 is 40.0 Å². The normalized spacial score (nSPS) is 13.3. The smallest absolute Gasteiger partial charge is 0.315 e. The van der Waals surface area contributed by atoms with E-state index in [4.69, 9.17) is 16.3 Å². The summed E-state index contributed by atoms with van der Waals surface area (Å²) in [4.78, 5) is 24.9. The topological polar surface area (TPSA) is 101 Å². The van der Waals surface area contributed by atoms with E-state index >= 15 is 0 Å². The van der Waals surface area contributed by atoms with Crippen LogP contribution in [-0.2, 0) is 0 Å². The highest BCUT2D eigenvalue weighted by molar-refractivity contribution is 6.32. The average Bonchev–Trinajstić information content (AvgIpc) is 2.94. The zero-order chi connectivity index (χ0) is 26.2. The standard InChI is InChI=1S/C29H27ClN6O2/c30-25-17-22(11-13-27(25)38-23-9-5-14-31-18-23)35-28-24-16-20(10-12-26(24)33-19-34-28)6-4-15-32-29(37)36-21-7-2-1-3-8-21/h5,9-14,16-19,21H,1-3,7-8,15H2,(H2,32,36,37)(H,33,34,35). The predicted molar refractivity (Wildman–Crippen MR) is 149 cm³/mol. The van der Waals surface area contributed by atoms with Crippen LogP contribution in [0.5, 0.6) is 11.5 Å². The van der Waals surface area contributed by atoms with Crippen molar-refractivity contribution in [2.24, 2.45) is 0 Å². The summed E-state index contributed by atoms with van der Waals surface area (Å²) in [6.45, 7) is 0.263. The van der Waals surface area contributed by atoms with Gasteiger partial charge >= 0.3 is 6.03 Å². The van der Waals surface area contributed by atoms with Crippen molar-refractivity contribution in [3.63, 3.8) is 0 Å². The first-order valence-electron chi connectivity index (χ1n) is 12.6. The van der Waals surface area contributed by atoms with Gasteiger partial charge in [-0.25, -0.2) is 14.8 Å². The number of rotatable bonds is 6. The molecule has 2 aromatic heterocycles. The van der Waals surface area contributed by atoms with E-state index in [0.29, 0.717) is 22.3 Å². The summed E-state index contributed by atoms with van der Waals surface area (Å²) in [7, 11) is 0. The highest BCUT2D eigenvalue weighted by atomic mass is 35.5. The Morgan fingerprint density at radius 3 is 2.79 bits per heavy atom. The zero-order valence-electron chi connectivity index (χ0n) is 20.7. The molecule has 2 aromatic carbocycles. The summed E-state index contributed by atoms with van der Waals surface area (Å²) in [5.74, 6) is 7.88. The molecule has 1 fully saturated rings. The first-order chi connectivity index (χ1) is 18.6. The number of ether oxygens (including phenoxy) is 1. The van der Waals surface area contributed by atoms with E-state index in [0.717, 1.165) is 35.0 Å². The lowest BCUT2D eigenvalue weighted by Crippen LogP contribution is -2.42. The van der Waals surface area contributed by atoms with Gasteiger partial charge in [-0.05, 0) is 61.4 Å². The fourth-order valence-corrected chi connectivity index (χ4v) is 4.54. The molecular weight excluding hydrogens is 500 g/mol. The number of nitrogens with one attached hydrogen (secondary N) is 3. The summed E-state index contributed by atoms with van der Waals surface area (Å²) >= 11 is 6.47. The van der Waals surface area contributed by atoms with Crippen molar-refractivity contribution in [1.29, 1.82) is 0 Å². The number of amides is 2. The van der Waals surface area contributed by atoms with Gasteiger partial charge in [0.05, 0.1) is 23.3 Å². The fourth-order valence-electron chi connectivity index (χ4n) is 4.32. The molecule has 9 heteroatoms. The summed E-state index contributed by atoms with van der Waals surface area (Å²) < 4.78 is 5.81. The van der Waals surface area contributed by atoms with Crippen LogP contribution in [0, 0.1) is 11.8 Å². The molecule has 0 bridgehead atoms. The first kappa shape index (κ1) is 25.3. The monoisotopic (exact) mass is 526 g/mol. The Hall–Kier alpha value is -4.35. The van der Waals surface area contributed by atoms with E-state index in [-0.39, 0.29) is 18.6 Å². The molecule has 0 aliphatic heterocycles. The first-order valence-corrected chi connectivity index (χ1v) is 12.9. The minimum Gasteiger partial charge on any atom is -0.454 e. The average molecular weight is 527 g/mol. The van der Waals surface area contributed by atoms with Gasteiger partial charge in [0.25, 0.3) is 0 Å². The Kier molecular flexibility index (Phi) is 8.16. The van der Waals surface area contributed by atoms with E-state index in [1.54, 1.807) is 30.6 Å². The number of anilines is 2. The van der Waals surface area contributed by atoms with Crippen molar-refractivity contribution in [3.05, 3.63) is 77.8 Å². The Bertz CT molecular complexity index is 1480. The number of halogens is 1. The highest BCUT2D eigenvalue weighted by Crippen LogP contribution is 2.33. The van der Waals surface area contributed by atoms with E-state index in [9.17, 15) is 4.79 Å². The lowest BCUT2D eigenvalue weighted by atomic mass is 9.96. The molecule has 2 heterocycles. The number of urea groups is 1. The molecular formula is C29H27ClN6O2. The van der Waals surface area contributed by atoms with Crippen LogP contribution in [0.4, 0.5) is 16.3 Å². The molecule has 3 N–H and O–H groups in total. The molecule has 0 atom stereocenters. The van der Waals surface area contributed by atoms with E-state index in [2.05, 4.69) is 42.7 Å². The SMILES string of the molecule is O=C(NCC#Cc1ccc2ncnc(Nc3ccc(Oc4cccnc4)c(Cl)c3)c2c1)NC1CCCCC1. The van der Waals surface area contributed by atoms with Crippen LogP contribution in [0.3, 0.4) is 0 Å². The number of hydrogen-bond acceptors (Lipinski definition) is 6. The van der Waals surface area contributed by atoms with Crippen LogP contribution < -0.4 is 20.7 Å². The maximum atomic E-state index is 12.1. The van der Waals surface area contributed by atoms with Crippen molar-refractivity contribution in [3.8, 4) is 23.3 Å². The highest BCUT2D eigenvalue weighted by Gasteiger charge is 2.15. The molecule has 38 heavy (non-hydrogen) atoms. The lowest BCUT2D eigenvalue weighted by molar-refractivity contribution is 0.234. The van der Waals surface area contributed by atoms with Gasteiger partial charge in [-0.1, -0.05) is 42.7 Å². The molecule has 0 saturated heterocycles. The van der Waals surface area contributed by atoms with Crippen LogP contribution in [-0.4, -0.2) is 33.6 Å².